The van der Waals surface area contributed by atoms with Gasteiger partial charge in [0.15, 0.2) is 0 Å². The van der Waals surface area contributed by atoms with Crippen molar-refractivity contribution in [3.63, 3.8) is 0 Å². The number of carbonyl (C=O) groups is 1. The van der Waals surface area contributed by atoms with Crippen LogP contribution < -0.4 is 5.14 Å². The topological polar surface area (TPSA) is 80.5 Å². The minimum absolute atomic E-state index is 0.0352. The Hall–Kier alpha value is -1.47. The van der Waals surface area contributed by atoms with Gasteiger partial charge >= 0.3 is 0 Å². The van der Waals surface area contributed by atoms with Crippen LogP contribution >= 0.6 is 0 Å². The maximum Gasteiger partial charge on any atom is 0.253 e. The van der Waals surface area contributed by atoms with E-state index < -0.39 is 20.7 Å². The Kier molecular flexibility index (Phi) is 3.84. The third-order valence-corrected chi connectivity index (χ3v) is 4.65. The summed E-state index contributed by atoms with van der Waals surface area (Å²) in [6.07, 6.45) is 0.876. The van der Waals surface area contributed by atoms with Crippen LogP contribution in [-0.2, 0) is 10.0 Å². The summed E-state index contributed by atoms with van der Waals surface area (Å²) >= 11 is 0. The molecule has 5 nitrogen and oxygen atoms in total. The highest BCUT2D eigenvalue weighted by Gasteiger charge is 2.33. The molecule has 0 unspecified atom stereocenters. The molecule has 1 saturated heterocycles. The first-order valence-electron chi connectivity index (χ1n) is 6.63. The number of benzene rings is 1. The van der Waals surface area contributed by atoms with Crippen molar-refractivity contribution >= 4 is 15.9 Å². The van der Waals surface area contributed by atoms with Gasteiger partial charge in [-0.2, -0.15) is 0 Å². The van der Waals surface area contributed by atoms with Crippen molar-refractivity contribution < 1.29 is 17.6 Å². The first kappa shape index (κ1) is 15.9. The van der Waals surface area contributed by atoms with Crippen LogP contribution in [0.15, 0.2) is 17.0 Å². The predicted molar refractivity (Wildman–Crippen MR) is 76.8 cm³/mol. The zero-order valence-electron chi connectivity index (χ0n) is 12.3. The number of likely N-dealkylation sites (tertiary alicyclic amines) is 1. The molecule has 1 amide bonds. The lowest BCUT2D eigenvalue weighted by Gasteiger charge is -2.20. The fraction of sp³-hybridized carbons (Fsp3) is 0.500. The van der Waals surface area contributed by atoms with Gasteiger partial charge in [-0.05, 0) is 36.5 Å². The molecular formula is C14H19FN2O3S. The fourth-order valence-corrected chi connectivity index (χ4v) is 3.24. The van der Waals surface area contributed by atoms with E-state index in [-0.39, 0.29) is 22.4 Å². The van der Waals surface area contributed by atoms with Crippen LogP contribution in [0.1, 0.15) is 36.2 Å². The lowest BCUT2D eigenvalue weighted by atomic mass is 9.93. The van der Waals surface area contributed by atoms with Crippen LogP contribution in [0.5, 0.6) is 0 Å². The number of hydrogen-bond donors (Lipinski definition) is 1. The van der Waals surface area contributed by atoms with Crippen LogP contribution in [0.25, 0.3) is 0 Å². The van der Waals surface area contributed by atoms with E-state index in [4.69, 9.17) is 5.14 Å². The number of nitrogens with zero attached hydrogens (tertiary/aromatic N) is 1. The molecule has 7 heteroatoms. The Balaban J connectivity index is 2.42. The van der Waals surface area contributed by atoms with Gasteiger partial charge in [0.1, 0.15) is 10.7 Å². The summed E-state index contributed by atoms with van der Waals surface area (Å²) in [6.45, 7) is 6.73. The number of halogens is 1. The summed E-state index contributed by atoms with van der Waals surface area (Å²) < 4.78 is 36.7. The SMILES string of the molecule is Cc1cc(C(=O)N2CCC(C)(C)C2)cc(S(N)(=O)=O)c1F. The highest BCUT2D eigenvalue weighted by molar-refractivity contribution is 7.89. The molecule has 1 aromatic carbocycles. The second-order valence-corrected chi connectivity index (χ2v) is 7.82. The van der Waals surface area contributed by atoms with Gasteiger partial charge in [-0.1, -0.05) is 13.8 Å². The molecule has 2 N–H and O–H groups in total. The number of rotatable bonds is 2. The molecule has 1 fully saturated rings. The lowest BCUT2D eigenvalue weighted by Crippen LogP contribution is -2.30. The number of nitrogens with two attached hydrogens (primary N) is 1. The Morgan fingerprint density at radius 2 is 2.00 bits per heavy atom. The molecule has 1 aliphatic rings. The van der Waals surface area contributed by atoms with Gasteiger partial charge in [0, 0.05) is 18.7 Å². The molecule has 1 aromatic rings. The Labute approximate surface area is 124 Å². The Bertz CT molecular complexity index is 698. The summed E-state index contributed by atoms with van der Waals surface area (Å²) in [4.78, 5) is 13.5. The van der Waals surface area contributed by atoms with Crippen LogP contribution in [0.2, 0.25) is 0 Å². The zero-order chi connectivity index (χ0) is 16.0. The summed E-state index contributed by atoms with van der Waals surface area (Å²) in [5.74, 6) is -1.20. The largest absolute Gasteiger partial charge is 0.338 e. The molecule has 116 valence electrons. The van der Waals surface area contributed by atoms with E-state index in [1.807, 2.05) is 0 Å². The molecule has 0 bridgehead atoms. The third kappa shape index (κ3) is 3.24. The van der Waals surface area contributed by atoms with Crippen molar-refractivity contribution in [1.82, 2.24) is 4.90 Å². The predicted octanol–water partition coefficient (Wildman–Crippen LogP) is 1.65. The van der Waals surface area contributed by atoms with Gasteiger partial charge in [-0.25, -0.2) is 17.9 Å². The maximum absolute atomic E-state index is 13.9. The van der Waals surface area contributed by atoms with Gasteiger partial charge in [0.05, 0.1) is 0 Å². The highest BCUT2D eigenvalue weighted by atomic mass is 32.2. The van der Waals surface area contributed by atoms with Crippen molar-refractivity contribution in [2.75, 3.05) is 13.1 Å². The van der Waals surface area contributed by atoms with Gasteiger partial charge < -0.3 is 4.90 Å². The lowest BCUT2D eigenvalue weighted by molar-refractivity contribution is 0.0778. The molecule has 0 radical (unpaired) electrons. The zero-order valence-corrected chi connectivity index (χ0v) is 13.1. The summed E-state index contributed by atoms with van der Waals surface area (Å²) in [5, 5.41) is 5.00. The monoisotopic (exact) mass is 314 g/mol. The number of carbonyl (C=O) groups excluding carboxylic acids is 1. The summed E-state index contributed by atoms with van der Waals surface area (Å²) in [6, 6.07) is 2.38. The molecule has 1 aliphatic heterocycles. The quantitative estimate of drug-likeness (QED) is 0.901. The van der Waals surface area contributed by atoms with Crippen LogP contribution in [0.3, 0.4) is 0 Å². The Morgan fingerprint density at radius 1 is 1.38 bits per heavy atom. The minimum atomic E-state index is -4.20. The van der Waals surface area contributed by atoms with Crippen molar-refractivity contribution in [1.29, 1.82) is 0 Å². The number of aryl methyl sites for hydroxylation is 1. The smallest absolute Gasteiger partial charge is 0.253 e. The summed E-state index contributed by atoms with van der Waals surface area (Å²) in [5.41, 5.74) is 0.270. The van der Waals surface area contributed by atoms with E-state index in [0.29, 0.717) is 13.1 Å². The normalized spacial score (nSPS) is 18.0. The van der Waals surface area contributed by atoms with E-state index in [2.05, 4.69) is 13.8 Å². The van der Waals surface area contributed by atoms with Crippen molar-refractivity contribution in [2.45, 2.75) is 32.1 Å². The molecule has 2 rings (SSSR count). The molecule has 0 aliphatic carbocycles. The van der Waals surface area contributed by atoms with E-state index in [9.17, 15) is 17.6 Å². The van der Waals surface area contributed by atoms with Crippen LogP contribution in [0.4, 0.5) is 4.39 Å². The summed E-state index contributed by atoms with van der Waals surface area (Å²) in [7, 11) is -4.20. The van der Waals surface area contributed by atoms with Gasteiger partial charge in [0.25, 0.3) is 5.91 Å². The van der Waals surface area contributed by atoms with E-state index >= 15 is 0 Å². The first-order valence-corrected chi connectivity index (χ1v) is 8.18. The minimum Gasteiger partial charge on any atom is -0.338 e. The number of hydrogen-bond acceptors (Lipinski definition) is 3. The number of primary sulfonamides is 1. The van der Waals surface area contributed by atoms with E-state index in [1.165, 1.54) is 13.0 Å². The molecule has 0 saturated carbocycles. The van der Waals surface area contributed by atoms with Gasteiger partial charge in [0.2, 0.25) is 10.0 Å². The third-order valence-electron chi connectivity index (χ3n) is 3.74. The fourth-order valence-electron chi connectivity index (χ4n) is 2.54. The maximum atomic E-state index is 13.9. The van der Waals surface area contributed by atoms with E-state index in [0.717, 1.165) is 12.5 Å². The van der Waals surface area contributed by atoms with Crippen LogP contribution in [-0.4, -0.2) is 32.3 Å². The average Bonchev–Trinajstić information content (AvgIpc) is 2.70. The molecule has 0 spiro atoms. The van der Waals surface area contributed by atoms with Crippen LogP contribution in [0, 0.1) is 18.2 Å². The van der Waals surface area contributed by atoms with Gasteiger partial charge in [-0.15, -0.1) is 0 Å². The molecule has 1 heterocycles. The second kappa shape index (κ2) is 5.06. The molecule has 0 aromatic heterocycles. The molecule has 0 atom stereocenters. The van der Waals surface area contributed by atoms with Crippen molar-refractivity contribution in [3.8, 4) is 0 Å². The number of amides is 1. The first-order chi connectivity index (χ1) is 9.51. The number of sulfonamides is 1. The highest BCUT2D eigenvalue weighted by Crippen LogP contribution is 2.30. The van der Waals surface area contributed by atoms with Crippen molar-refractivity contribution in [2.24, 2.45) is 10.6 Å². The Morgan fingerprint density at radius 3 is 2.48 bits per heavy atom. The molecule has 21 heavy (non-hydrogen) atoms. The van der Waals surface area contributed by atoms with Gasteiger partial charge in [-0.3, -0.25) is 4.79 Å². The standard InChI is InChI=1S/C14H19FN2O3S/c1-9-6-10(7-11(12(9)15)21(16,19)20)13(18)17-5-4-14(2,3)8-17/h6-7H,4-5,8H2,1-3H3,(H2,16,19,20). The van der Waals surface area contributed by atoms with Crippen molar-refractivity contribution in [3.05, 3.63) is 29.1 Å². The average molecular weight is 314 g/mol. The molecular weight excluding hydrogens is 295 g/mol. The second-order valence-electron chi connectivity index (χ2n) is 6.29. The van der Waals surface area contributed by atoms with E-state index in [1.54, 1.807) is 4.90 Å².